The number of hydrogen-bond donors (Lipinski definition) is 2. The van der Waals surface area contributed by atoms with Crippen molar-refractivity contribution in [2.45, 2.75) is 25.9 Å². The van der Waals surface area contributed by atoms with Crippen LogP contribution >= 0.6 is 0 Å². The Labute approximate surface area is 155 Å². The van der Waals surface area contributed by atoms with E-state index < -0.39 is 23.4 Å². The molecule has 0 spiro atoms. The molecule has 3 rings (SSSR count). The molecule has 2 N–H and O–H groups in total. The number of imide groups is 1. The van der Waals surface area contributed by atoms with Crippen molar-refractivity contribution in [3.63, 3.8) is 0 Å². The normalized spacial score (nSPS) is 15.6. The summed E-state index contributed by atoms with van der Waals surface area (Å²) in [5.41, 5.74) is 0.335. The second-order valence-electron chi connectivity index (χ2n) is 6.60. The highest BCUT2D eigenvalue weighted by atomic mass is 16.5. The van der Waals surface area contributed by atoms with E-state index in [1.165, 1.54) is 0 Å². The Morgan fingerprint density at radius 2 is 2.07 bits per heavy atom. The molecule has 0 radical (unpaired) electrons. The van der Waals surface area contributed by atoms with Crippen molar-refractivity contribution in [1.82, 2.24) is 20.7 Å². The van der Waals surface area contributed by atoms with Crippen molar-refractivity contribution in [2.24, 2.45) is 0 Å². The molecule has 4 amide bonds. The van der Waals surface area contributed by atoms with E-state index in [1.54, 1.807) is 27.0 Å². The van der Waals surface area contributed by atoms with Crippen molar-refractivity contribution in [3.05, 3.63) is 36.1 Å². The largest absolute Gasteiger partial charge is 0.496 e. The first-order valence-corrected chi connectivity index (χ1v) is 8.31. The summed E-state index contributed by atoms with van der Waals surface area (Å²) in [6.07, 6.45) is 0. The molecule has 0 aliphatic carbocycles. The second kappa shape index (κ2) is 7.10. The third-order valence-corrected chi connectivity index (χ3v) is 4.15. The van der Waals surface area contributed by atoms with Crippen molar-refractivity contribution < 1.29 is 23.6 Å². The van der Waals surface area contributed by atoms with Crippen molar-refractivity contribution >= 4 is 17.8 Å². The molecule has 9 heteroatoms. The van der Waals surface area contributed by atoms with Gasteiger partial charge in [-0.1, -0.05) is 17.3 Å². The van der Waals surface area contributed by atoms with Gasteiger partial charge >= 0.3 is 6.03 Å². The van der Waals surface area contributed by atoms with E-state index in [9.17, 15) is 14.4 Å². The predicted octanol–water partition coefficient (Wildman–Crippen LogP) is 1.30. The number of carbonyl (C=O) groups is 3. The molecule has 1 fully saturated rings. The maximum Gasteiger partial charge on any atom is 0.325 e. The number of benzene rings is 1. The Bertz CT molecular complexity index is 889. The molecule has 1 saturated heterocycles. The predicted molar refractivity (Wildman–Crippen MR) is 94.7 cm³/mol. The summed E-state index contributed by atoms with van der Waals surface area (Å²) in [6.45, 7) is 2.88. The van der Waals surface area contributed by atoms with E-state index in [-0.39, 0.29) is 13.1 Å². The lowest BCUT2D eigenvalue weighted by atomic mass is 10.1. The number of nitrogens with zero attached hydrogens (tertiary/aromatic N) is 2. The molecule has 1 aliphatic heterocycles. The van der Waals surface area contributed by atoms with Crippen LogP contribution in [0.3, 0.4) is 0 Å². The number of ether oxygens (including phenoxy) is 1. The standard InChI is InChI=1S/C18H20N4O5/c1-18(2)16(24)22(17(25)20-18)10-15(23)19-9-11-8-13(21-27-11)12-6-4-5-7-14(12)26-3/h4-8H,9-10H2,1-3H3,(H,19,23)(H,20,25). The fourth-order valence-corrected chi connectivity index (χ4v) is 2.73. The Morgan fingerprint density at radius 3 is 2.74 bits per heavy atom. The first kappa shape index (κ1) is 18.4. The lowest BCUT2D eigenvalue weighted by Crippen LogP contribution is -2.43. The number of rotatable bonds is 6. The molecule has 1 aromatic heterocycles. The molecule has 9 nitrogen and oxygen atoms in total. The Kier molecular flexibility index (Phi) is 4.85. The Morgan fingerprint density at radius 1 is 1.33 bits per heavy atom. The first-order valence-electron chi connectivity index (χ1n) is 8.31. The summed E-state index contributed by atoms with van der Waals surface area (Å²) < 4.78 is 10.5. The van der Waals surface area contributed by atoms with Crippen LogP contribution in [0, 0.1) is 0 Å². The van der Waals surface area contributed by atoms with Crippen molar-refractivity contribution in [3.8, 4) is 17.0 Å². The average Bonchev–Trinajstić information content (AvgIpc) is 3.18. The summed E-state index contributed by atoms with van der Waals surface area (Å²) in [5.74, 6) is 0.163. The fourth-order valence-electron chi connectivity index (χ4n) is 2.73. The van der Waals surface area contributed by atoms with Gasteiger partial charge in [-0.25, -0.2) is 4.79 Å². The molecule has 1 aromatic carbocycles. The van der Waals surface area contributed by atoms with Gasteiger partial charge in [0.05, 0.1) is 13.7 Å². The molecule has 0 unspecified atom stereocenters. The number of urea groups is 1. The van der Waals surface area contributed by atoms with Gasteiger partial charge in [-0.3, -0.25) is 14.5 Å². The van der Waals surface area contributed by atoms with E-state index in [0.717, 1.165) is 10.5 Å². The smallest absolute Gasteiger partial charge is 0.325 e. The average molecular weight is 372 g/mol. The lowest BCUT2D eigenvalue weighted by Gasteiger charge is -2.15. The van der Waals surface area contributed by atoms with Crippen LogP contribution in [-0.4, -0.2) is 47.1 Å². The van der Waals surface area contributed by atoms with Gasteiger partial charge in [0.15, 0.2) is 5.76 Å². The monoisotopic (exact) mass is 372 g/mol. The third kappa shape index (κ3) is 3.76. The number of amides is 4. The number of methoxy groups -OCH3 is 1. The van der Waals surface area contributed by atoms with Crippen molar-refractivity contribution in [2.75, 3.05) is 13.7 Å². The maximum atomic E-state index is 12.1. The molecular formula is C18H20N4O5. The maximum absolute atomic E-state index is 12.1. The quantitative estimate of drug-likeness (QED) is 0.739. The number of hydrogen-bond acceptors (Lipinski definition) is 6. The fraction of sp³-hybridized carbons (Fsp3) is 0.333. The Hall–Kier alpha value is -3.36. The van der Waals surface area contributed by atoms with E-state index >= 15 is 0 Å². The van der Waals surface area contributed by atoms with Crippen LogP contribution in [0.2, 0.25) is 0 Å². The van der Waals surface area contributed by atoms with Gasteiger partial charge in [0.25, 0.3) is 5.91 Å². The second-order valence-corrected chi connectivity index (χ2v) is 6.60. The SMILES string of the molecule is COc1ccccc1-c1cc(CNC(=O)CN2C(=O)NC(C)(C)C2=O)on1. The molecule has 0 atom stereocenters. The van der Waals surface area contributed by atoms with Gasteiger partial charge in [0.2, 0.25) is 5.91 Å². The minimum absolute atomic E-state index is 0.0774. The number of carbonyl (C=O) groups excluding carboxylic acids is 3. The minimum atomic E-state index is -1.01. The van der Waals surface area contributed by atoms with Gasteiger partial charge in [-0.05, 0) is 26.0 Å². The van der Waals surface area contributed by atoms with Crippen LogP contribution in [0.1, 0.15) is 19.6 Å². The van der Waals surface area contributed by atoms with Crippen LogP contribution in [0.25, 0.3) is 11.3 Å². The molecule has 27 heavy (non-hydrogen) atoms. The zero-order chi connectivity index (χ0) is 19.6. The van der Waals surface area contributed by atoms with E-state index in [1.807, 2.05) is 24.3 Å². The molecular weight excluding hydrogens is 352 g/mol. The lowest BCUT2D eigenvalue weighted by molar-refractivity contribution is -0.134. The highest BCUT2D eigenvalue weighted by Gasteiger charge is 2.44. The van der Waals surface area contributed by atoms with Crippen LogP contribution in [0.4, 0.5) is 4.79 Å². The number of para-hydroxylation sites is 1. The summed E-state index contributed by atoms with van der Waals surface area (Å²) in [5, 5.41) is 9.12. The molecule has 2 heterocycles. The van der Waals surface area contributed by atoms with E-state index in [2.05, 4.69) is 15.8 Å². The highest BCUT2D eigenvalue weighted by molar-refractivity contribution is 6.08. The third-order valence-electron chi connectivity index (χ3n) is 4.15. The summed E-state index contributed by atoms with van der Waals surface area (Å²) in [7, 11) is 1.57. The molecule has 1 aliphatic rings. The summed E-state index contributed by atoms with van der Waals surface area (Å²) in [4.78, 5) is 36.9. The zero-order valence-electron chi connectivity index (χ0n) is 15.2. The topological polar surface area (TPSA) is 114 Å². The number of aromatic nitrogens is 1. The van der Waals surface area contributed by atoms with Gasteiger partial charge < -0.3 is 19.9 Å². The summed E-state index contributed by atoms with van der Waals surface area (Å²) >= 11 is 0. The van der Waals surface area contributed by atoms with E-state index in [4.69, 9.17) is 9.26 Å². The molecule has 142 valence electrons. The van der Waals surface area contributed by atoms with E-state index in [0.29, 0.717) is 17.2 Å². The van der Waals surface area contributed by atoms with Crippen molar-refractivity contribution in [1.29, 1.82) is 0 Å². The summed E-state index contributed by atoms with van der Waals surface area (Å²) in [6, 6.07) is 8.46. The molecule has 0 saturated carbocycles. The van der Waals surface area contributed by atoms with Gasteiger partial charge in [0.1, 0.15) is 23.5 Å². The molecule has 0 bridgehead atoms. The van der Waals surface area contributed by atoms with Gasteiger partial charge in [-0.2, -0.15) is 0 Å². The Balaban J connectivity index is 1.60. The highest BCUT2D eigenvalue weighted by Crippen LogP contribution is 2.28. The zero-order valence-corrected chi connectivity index (χ0v) is 15.2. The van der Waals surface area contributed by atoms with Crippen LogP contribution in [0.15, 0.2) is 34.9 Å². The van der Waals surface area contributed by atoms with Gasteiger partial charge in [-0.15, -0.1) is 0 Å². The van der Waals surface area contributed by atoms with Crippen LogP contribution in [0.5, 0.6) is 5.75 Å². The van der Waals surface area contributed by atoms with Crippen LogP contribution in [-0.2, 0) is 16.1 Å². The van der Waals surface area contributed by atoms with Crippen LogP contribution < -0.4 is 15.4 Å². The first-order chi connectivity index (χ1) is 12.8. The molecule has 2 aromatic rings. The number of nitrogens with one attached hydrogen (secondary N) is 2. The van der Waals surface area contributed by atoms with Gasteiger partial charge in [0, 0.05) is 11.6 Å². The minimum Gasteiger partial charge on any atom is -0.496 e.